The van der Waals surface area contributed by atoms with E-state index in [0.29, 0.717) is 24.2 Å². The van der Waals surface area contributed by atoms with Crippen LogP contribution in [0, 0.1) is 5.92 Å². The molecule has 16 heavy (non-hydrogen) atoms. The van der Waals surface area contributed by atoms with Gasteiger partial charge in [-0.2, -0.15) is 4.98 Å². The van der Waals surface area contributed by atoms with E-state index in [1.54, 1.807) is 7.11 Å². The van der Waals surface area contributed by atoms with Crippen molar-refractivity contribution in [3.8, 4) is 0 Å². The third-order valence-corrected chi connectivity index (χ3v) is 2.77. The van der Waals surface area contributed by atoms with Crippen molar-refractivity contribution < 1.29 is 9.26 Å². The molecule has 0 saturated carbocycles. The molecular weight excluding hydrogens is 206 g/mol. The maximum absolute atomic E-state index is 6.00. The number of aromatic nitrogens is 2. The summed E-state index contributed by atoms with van der Waals surface area (Å²) in [5.74, 6) is 1.61. The van der Waals surface area contributed by atoms with Gasteiger partial charge in [-0.15, -0.1) is 0 Å². The summed E-state index contributed by atoms with van der Waals surface area (Å²) in [4.78, 5) is 4.29. The summed E-state index contributed by atoms with van der Waals surface area (Å²) in [6, 6.07) is -0.159. The van der Waals surface area contributed by atoms with Crippen LogP contribution in [-0.4, -0.2) is 23.9 Å². The number of ether oxygens (including phenoxy) is 1. The third kappa shape index (κ3) is 3.57. The van der Waals surface area contributed by atoms with Crippen LogP contribution >= 0.6 is 0 Å². The van der Waals surface area contributed by atoms with Gasteiger partial charge in [0, 0.05) is 20.1 Å². The molecule has 0 unspecified atom stereocenters. The summed E-state index contributed by atoms with van der Waals surface area (Å²) in [5, 5.41) is 3.90. The van der Waals surface area contributed by atoms with Gasteiger partial charge in [-0.05, 0) is 12.3 Å². The number of nitrogens with zero attached hydrogens (tertiary/aromatic N) is 2. The minimum Gasteiger partial charge on any atom is -0.385 e. The fraction of sp³-hybridized carbons (Fsp3) is 0.818. The van der Waals surface area contributed by atoms with Crippen molar-refractivity contribution in [1.82, 2.24) is 10.1 Å². The predicted molar refractivity (Wildman–Crippen MR) is 60.9 cm³/mol. The molecule has 5 nitrogen and oxygen atoms in total. The maximum atomic E-state index is 6.00. The number of rotatable bonds is 7. The standard InChI is InChI=1S/C11H21N3O2/c1-4-8(2)10(12)11-13-9(14-16-11)6-5-7-15-3/h8,10H,4-7,12H2,1-3H3/t8-,10-/m0/s1. The van der Waals surface area contributed by atoms with E-state index in [4.69, 9.17) is 15.0 Å². The normalized spacial score (nSPS) is 15.0. The molecule has 1 aromatic heterocycles. The average molecular weight is 227 g/mol. The highest BCUT2D eigenvalue weighted by Crippen LogP contribution is 2.20. The molecule has 1 heterocycles. The number of hydrogen-bond donors (Lipinski definition) is 1. The van der Waals surface area contributed by atoms with Crippen molar-refractivity contribution in [2.45, 2.75) is 39.2 Å². The van der Waals surface area contributed by atoms with E-state index >= 15 is 0 Å². The highest BCUT2D eigenvalue weighted by Gasteiger charge is 2.19. The van der Waals surface area contributed by atoms with Crippen molar-refractivity contribution in [2.75, 3.05) is 13.7 Å². The van der Waals surface area contributed by atoms with Crippen molar-refractivity contribution in [1.29, 1.82) is 0 Å². The van der Waals surface area contributed by atoms with Crippen LogP contribution in [0.5, 0.6) is 0 Å². The molecule has 0 saturated heterocycles. The van der Waals surface area contributed by atoms with Gasteiger partial charge in [0.25, 0.3) is 0 Å². The number of nitrogens with two attached hydrogens (primary N) is 1. The van der Waals surface area contributed by atoms with Crippen molar-refractivity contribution in [2.24, 2.45) is 11.7 Å². The SMILES string of the molecule is CC[C@H](C)[C@H](N)c1nc(CCCOC)no1. The van der Waals surface area contributed by atoms with Crippen LogP contribution in [-0.2, 0) is 11.2 Å². The van der Waals surface area contributed by atoms with Gasteiger partial charge >= 0.3 is 0 Å². The van der Waals surface area contributed by atoms with E-state index < -0.39 is 0 Å². The van der Waals surface area contributed by atoms with Gasteiger partial charge in [0.2, 0.25) is 5.89 Å². The molecule has 0 radical (unpaired) electrons. The minimum absolute atomic E-state index is 0.159. The molecule has 0 fully saturated rings. The van der Waals surface area contributed by atoms with Crippen LogP contribution in [0.3, 0.4) is 0 Å². The first-order chi connectivity index (χ1) is 7.69. The van der Waals surface area contributed by atoms with Gasteiger partial charge in [0.15, 0.2) is 5.82 Å². The van der Waals surface area contributed by atoms with E-state index in [0.717, 1.165) is 19.3 Å². The van der Waals surface area contributed by atoms with E-state index in [2.05, 4.69) is 24.0 Å². The Bertz CT molecular complexity index is 301. The van der Waals surface area contributed by atoms with Crippen molar-refractivity contribution >= 4 is 0 Å². The third-order valence-electron chi connectivity index (χ3n) is 2.77. The van der Waals surface area contributed by atoms with E-state index in [-0.39, 0.29) is 6.04 Å². The second-order valence-corrected chi connectivity index (χ2v) is 4.06. The first-order valence-electron chi connectivity index (χ1n) is 5.76. The lowest BCUT2D eigenvalue weighted by Gasteiger charge is -2.12. The average Bonchev–Trinajstić information content (AvgIpc) is 2.76. The van der Waals surface area contributed by atoms with E-state index in [1.807, 2.05) is 0 Å². The maximum Gasteiger partial charge on any atom is 0.243 e. The van der Waals surface area contributed by atoms with Gasteiger partial charge in [-0.25, -0.2) is 0 Å². The van der Waals surface area contributed by atoms with Gasteiger partial charge in [-0.1, -0.05) is 25.4 Å². The molecule has 0 aliphatic carbocycles. The quantitative estimate of drug-likeness (QED) is 0.717. The summed E-state index contributed by atoms with van der Waals surface area (Å²) in [7, 11) is 1.68. The second-order valence-electron chi connectivity index (χ2n) is 4.06. The molecule has 5 heteroatoms. The van der Waals surface area contributed by atoms with E-state index in [9.17, 15) is 0 Å². The Labute approximate surface area is 96.4 Å². The zero-order valence-electron chi connectivity index (χ0n) is 10.3. The summed E-state index contributed by atoms with van der Waals surface area (Å²) in [6.07, 6.45) is 2.67. The van der Waals surface area contributed by atoms with Gasteiger partial charge < -0.3 is 15.0 Å². The lowest BCUT2D eigenvalue weighted by atomic mass is 10.0. The Morgan fingerprint density at radius 1 is 1.50 bits per heavy atom. The lowest BCUT2D eigenvalue weighted by molar-refractivity contribution is 0.194. The summed E-state index contributed by atoms with van der Waals surface area (Å²) >= 11 is 0. The lowest BCUT2D eigenvalue weighted by Crippen LogP contribution is -2.18. The highest BCUT2D eigenvalue weighted by atomic mass is 16.5. The van der Waals surface area contributed by atoms with Gasteiger partial charge in [0.1, 0.15) is 0 Å². The van der Waals surface area contributed by atoms with E-state index in [1.165, 1.54) is 0 Å². The van der Waals surface area contributed by atoms with Gasteiger partial charge in [-0.3, -0.25) is 0 Å². The topological polar surface area (TPSA) is 74.2 Å². The molecular formula is C11H21N3O2. The Kier molecular flexibility index (Phi) is 5.42. The van der Waals surface area contributed by atoms with Crippen molar-refractivity contribution in [3.05, 3.63) is 11.7 Å². The molecule has 0 aliphatic rings. The molecule has 2 atom stereocenters. The first kappa shape index (κ1) is 13.1. The molecule has 0 bridgehead atoms. The fourth-order valence-electron chi connectivity index (χ4n) is 1.38. The van der Waals surface area contributed by atoms with Crippen LogP contribution in [0.2, 0.25) is 0 Å². The molecule has 2 N–H and O–H groups in total. The molecule has 0 aliphatic heterocycles. The molecule has 92 valence electrons. The zero-order valence-corrected chi connectivity index (χ0v) is 10.3. The predicted octanol–water partition coefficient (Wildman–Crippen LogP) is 1.69. The Morgan fingerprint density at radius 2 is 2.25 bits per heavy atom. The molecule has 0 spiro atoms. The summed E-state index contributed by atoms with van der Waals surface area (Å²) < 4.78 is 10.1. The highest BCUT2D eigenvalue weighted by molar-refractivity contribution is 4.93. The zero-order chi connectivity index (χ0) is 12.0. The Hall–Kier alpha value is -0.940. The molecule has 1 aromatic rings. The smallest absolute Gasteiger partial charge is 0.243 e. The first-order valence-corrected chi connectivity index (χ1v) is 5.76. The number of hydrogen-bond acceptors (Lipinski definition) is 5. The summed E-state index contributed by atoms with van der Waals surface area (Å²) in [5.41, 5.74) is 6.00. The van der Waals surface area contributed by atoms with Crippen LogP contribution in [0.25, 0.3) is 0 Å². The van der Waals surface area contributed by atoms with Crippen LogP contribution < -0.4 is 5.73 Å². The largest absolute Gasteiger partial charge is 0.385 e. The Balaban J connectivity index is 2.50. The molecule has 1 rings (SSSR count). The summed E-state index contributed by atoms with van der Waals surface area (Å²) in [6.45, 7) is 4.89. The second kappa shape index (κ2) is 6.60. The monoisotopic (exact) mass is 227 g/mol. The Morgan fingerprint density at radius 3 is 2.88 bits per heavy atom. The van der Waals surface area contributed by atoms with Crippen LogP contribution in [0.1, 0.15) is 44.4 Å². The number of methoxy groups -OCH3 is 1. The molecule has 0 aromatic carbocycles. The molecule has 0 amide bonds. The minimum atomic E-state index is -0.159. The number of aryl methyl sites for hydroxylation is 1. The van der Waals surface area contributed by atoms with Crippen LogP contribution in [0.4, 0.5) is 0 Å². The fourth-order valence-corrected chi connectivity index (χ4v) is 1.38. The van der Waals surface area contributed by atoms with Crippen LogP contribution in [0.15, 0.2) is 4.52 Å². The van der Waals surface area contributed by atoms with Crippen molar-refractivity contribution in [3.63, 3.8) is 0 Å². The van der Waals surface area contributed by atoms with Gasteiger partial charge in [0.05, 0.1) is 6.04 Å².